The van der Waals surface area contributed by atoms with Crippen molar-refractivity contribution in [1.82, 2.24) is 0 Å². The average molecular weight is 213 g/mol. The van der Waals surface area contributed by atoms with E-state index >= 15 is 0 Å². The molecular formula is C14H13O2. The fraction of sp³-hybridized carbons (Fsp3) is 0.143. The first kappa shape index (κ1) is 10.6. The molecule has 0 spiro atoms. The van der Waals surface area contributed by atoms with Crippen molar-refractivity contribution in [3.63, 3.8) is 0 Å². The van der Waals surface area contributed by atoms with Gasteiger partial charge in [0.1, 0.15) is 18.1 Å². The normalized spacial score (nSPS) is 9.81. The van der Waals surface area contributed by atoms with Gasteiger partial charge in [0.05, 0.1) is 7.11 Å². The van der Waals surface area contributed by atoms with Crippen molar-refractivity contribution in [2.75, 3.05) is 7.11 Å². The van der Waals surface area contributed by atoms with Crippen molar-refractivity contribution in [2.45, 2.75) is 6.61 Å². The molecule has 81 valence electrons. The molecule has 0 aliphatic carbocycles. The zero-order valence-corrected chi connectivity index (χ0v) is 9.14. The fourth-order valence-electron chi connectivity index (χ4n) is 1.44. The summed E-state index contributed by atoms with van der Waals surface area (Å²) in [7, 11) is 1.66. The summed E-state index contributed by atoms with van der Waals surface area (Å²) in [6, 6.07) is 18.4. The lowest BCUT2D eigenvalue weighted by molar-refractivity contribution is 0.296. The lowest BCUT2D eigenvalue weighted by atomic mass is 10.2. The molecule has 2 rings (SSSR count). The van der Waals surface area contributed by atoms with E-state index in [0.29, 0.717) is 6.61 Å². The Morgan fingerprint density at radius 3 is 2.62 bits per heavy atom. The van der Waals surface area contributed by atoms with Crippen LogP contribution in [0.5, 0.6) is 11.5 Å². The van der Waals surface area contributed by atoms with Crippen molar-refractivity contribution in [1.29, 1.82) is 0 Å². The van der Waals surface area contributed by atoms with Crippen LogP contribution in [-0.2, 0) is 6.61 Å². The zero-order chi connectivity index (χ0) is 11.2. The number of hydrogen-bond acceptors (Lipinski definition) is 2. The van der Waals surface area contributed by atoms with Gasteiger partial charge < -0.3 is 9.47 Å². The first-order valence-electron chi connectivity index (χ1n) is 5.11. The summed E-state index contributed by atoms with van der Waals surface area (Å²) < 4.78 is 10.8. The van der Waals surface area contributed by atoms with Crippen molar-refractivity contribution >= 4 is 0 Å². The van der Waals surface area contributed by atoms with Gasteiger partial charge >= 0.3 is 0 Å². The predicted octanol–water partition coefficient (Wildman–Crippen LogP) is 3.07. The Balaban J connectivity index is 2.05. The first-order chi connectivity index (χ1) is 7.90. The molecule has 0 aliphatic rings. The molecule has 2 heteroatoms. The molecule has 0 bridgehead atoms. The highest BCUT2D eigenvalue weighted by molar-refractivity contribution is 5.33. The highest BCUT2D eigenvalue weighted by Gasteiger charge is 2.01. The van der Waals surface area contributed by atoms with Crippen LogP contribution in [0, 0.1) is 6.07 Å². The second kappa shape index (κ2) is 5.21. The summed E-state index contributed by atoms with van der Waals surface area (Å²) in [5.41, 5.74) is 1.03. The minimum atomic E-state index is 0.491. The van der Waals surface area contributed by atoms with E-state index in [4.69, 9.17) is 9.47 Å². The molecule has 0 saturated heterocycles. The molecule has 2 aromatic carbocycles. The quantitative estimate of drug-likeness (QED) is 0.777. The van der Waals surface area contributed by atoms with Crippen molar-refractivity contribution in [2.24, 2.45) is 0 Å². The van der Waals surface area contributed by atoms with E-state index in [2.05, 4.69) is 6.07 Å². The van der Waals surface area contributed by atoms with Crippen LogP contribution in [0.1, 0.15) is 5.56 Å². The largest absolute Gasteiger partial charge is 0.496 e. The summed E-state index contributed by atoms with van der Waals surface area (Å²) in [5, 5.41) is 0. The first-order valence-corrected chi connectivity index (χ1v) is 5.11. The van der Waals surface area contributed by atoms with Gasteiger partial charge in [0.15, 0.2) is 0 Å². The second-order valence-electron chi connectivity index (χ2n) is 3.33. The molecule has 16 heavy (non-hydrogen) atoms. The Labute approximate surface area is 95.4 Å². The SMILES string of the molecule is COc1ccccc1COc1[c]cccc1. The topological polar surface area (TPSA) is 18.5 Å². The van der Waals surface area contributed by atoms with Crippen molar-refractivity contribution < 1.29 is 9.47 Å². The molecule has 0 saturated carbocycles. The molecule has 0 aromatic heterocycles. The Morgan fingerprint density at radius 1 is 1.06 bits per heavy atom. The average Bonchev–Trinajstić information content (AvgIpc) is 2.38. The van der Waals surface area contributed by atoms with Gasteiger partial charge in [0.25, 0.3) is 0 Å². The monoisotopic (exact) mass is 213 g/mol. The van der Waals surface area contributed by atoms with Crippen LogP contribution in [-0.4, -0.2) is 7.11 Å². The lowest BCUT2D eigenvalue weighted by Gasteiger charge is -2.09. The molecule has 0 fully saturated rings. The number of benzene rings is 2. The second-order valence-corrected chi connectivity index (χ2v) is 3.33. The van der Waals surface area contributed by atoms with Crippen LogP contribution in [0.2, 0.25) is 0 Å². The number of methoxy groups -OCH3 is 1. The fourth-order valence-corrected chi connectivity index (χ4v) is 1.44. The third-order valence-corrected chi connectivity index (χ3v) is 2.26. The minimum Gasteiger partial charge on any atom is -0.496 e. The summed E-state index contributed by atoms with van der Waals surface area (Å²) in [6.07, 6.45) is 0. The van der Waals surface area contributed by atoms with Gasteiger partial charge in [0.2, 0.25) is 0 Å². The van der Waals surface area contributed by atoms with E-state index in [-0.39, 0.29) is 0 Å². The van der Waals surface area contributed by atoms with E-state index in [1.165, 1.54) is 0 Å². The maximum atomic E-state index is 5.60. The Hall–Kier alpha value is -1.96. The van der Waals surface area contributed by atoms with Gasteiger partial charge in [-0.3, -0.25) is 0 Å². The maximum Gasteiger partial charge on any atom is 0.127 e. The summed E-state index contributed by atoms with van der Waals surface area (Å²) >= 11 is 0. The Kier molecular flexibility index (Phi) is 3.44. The van der Waals surface area contributed by atoms with E-state index in [1.807, 2.05) is 48.5 Å². The summed E-state index contributed by atoms with van der Waals surface area (Å²) in [5.74, 6) is 1.59. The standard InChI is InChI=1S/C14H13O2/c1-15-14-10-6-5-7-12(14)11-16-13-8-3-2-4-9-13/h2-8,10H,11H2,1H3. The molecule has 2 aromatic rings. The minimum absolute atomic E-state index is 0.491. The van der Waals surface area contributed by atoms with Crippen LogP contribution >= 0.6 is 0 Å². The van der Waals surface area contributed by atoms with E-state index in [0.717, 1.165) is 17.1 Å². The summed E-state index contributed by atoms with van der Waals surface area (Å²) in [6.45, 7) is 0.491. The Morgan fingerprint density at radius 2 is 1.88 bits per heavy atom. The molecule has 0 amide bonds. The highest BCUT2D eigenvalue weighted by Crippen LogP contribution is 2.19. The van der Waals surface area contributed by atoms with Crippen LogP contribution < -0.4 is 9.47 Å². The third kappa shape index (κ3) is 2.54. The maximum absolute atomic E-state index is 5.60. The lowest BCUT2D eigenvalue weighted by Crippen LogP contribution is -1.98. The van der Waals surface area contributed by atoms with E-state index < -0.39 is 0 Å². The van der Waals surface area contributed by atoms with Gasteiger partial charge in [-0.15, -0.1) is 0 Å². The van der Waals surface area contributed by atoms with E-state index in [1.54, 1.807) is 7.11 Å². The molecule has 2 nitrogen and oxygen atoms in total. The van der Waals surface area contributed by atoms with Gasteiger partial charge in [-0.2, -0.15) is 0 Å². The van der Waals surface area contributed by atoms with Gasteiger partial charge in [-0.05, 0) is 12.1 Å². The molecule has 1 radical (unpaired) electrons. The summed E-state index contributed by atoms with van der Waals surface area (Å²) in [4.78, 5) is 0. The van der Waals surface area contributed by atoms with Crippen molar-refractivity contribution in [3.05, 3.63) is 60.2 Å². The highest BCUT2D eigenvalue weighted by atomic mass is 16.5. The molecular weight excluding hydrogens is 200 g/mol. The van der Waals surface area contributed by atoms with Crippen molar-refractivity contribution in [3.8, 4) is 11.5 Å². The molecule has 0 aliphatic heterocycles. The zero-order valence-electron chi connectivity index (χ0n) is 9.14. The van der Waals surface area contributed by atoms with Crippen LogP contribution in [0.25, 0.3) is 0 Å². The predicted molar refractivity (Wildman–Crippen MR) is 62.6 cm³/mol. The number of para-hydroxylation sites is 2. The Bertz CT molecular complexity index is 437. The van der Waals surface area contributed by atoms with E-state index in [9.17, 15) is 0 Å². The van der Waals surface area contributed by atoms with Gasteiger partial charge in [0, 0.05) is 11.6 Å². The molecule has 0 atom stereocenters. The number of hydrogen-bond donors (Lipinski definition) is 0. The smallest absolute Gasteiger partial charge is 0.127 e. The molecule has 0 N–H and O–H groups in total. The molecule has 0 unspecified atom stereocenters. The van der Waals surface area contributed by atoms with Crippen LogP contribution in [0.3, 0.4) is 0 Å². The number of ether oxygens (including phenoxy) is 2. The third-order valence-electron chi connectivity index (χ3n) is 2.26. The van der Waals surface area contributed by atoms with Crippen LogP contribution in [0.15, 0.2) is 48.5 Å². The van der Waals surface area contributed by atoms with Gasteiger partial charge in [-0.1, -0.05) is 36.4 Å². The van der Waals surface area contributed by atoms with Gasteiger partial charge in [-0.25, -0.2) is 0 Å². The number of rotatable bonds is 4. The van der Waals surface area contributed by atoms with Crippen LogP contribution in [0.4, 0.5) is 0 Å². The molecule has 0 heterocycles.